The molecule has 1 aromatic heterocycles. The Bertz CT molecular complexity index is 596. The minimum atomic E-state index is 0.0196. The first kappa shape index (κ1) is 12.6. The van der Waals surface area contributed by atoms with E-state index in [9.17, 15) is 4.79 Å². The lowest BCUT2D eigenvalue weighted by atomic mass is 10.0. The highest BCUT2D eigenvalue weighted by atomic mass is 35.5. The SMILES string of the molecule is Cc1cc(C(=O)Cc2ccncc2Cl)ccc1N. The van der Waals surface area contributed by atoms with Crippen molar-refractivity contribution < 1.29 is 4.79 Å². The minimum absolute atomic E-state index is 0.0196. The van der Waals surface area contributed by atoms with Crippen LogP contribution in [0.2, 0.25) is 5.02 Å². The molecule has 1 heterocycles. The molecule has 0 aliphatic heterocycles. The topological polar surface area (TPSA) is 56.0 Å². The summed E-state index contributed by atoms with van der Waals surface area (Å²) in [5.41, 5.74) is 8.75. The Morgan fingerprint density at radius 1 is 1.39 bits per heavy atom. The summed E-state index contributed by atoms with van der Waals surface area (Å²) in [4.78, 5) is 16.0. The number of aromatic nitrogens is 1. The van der Waals surface area contributed by atoms with Gasteiger partial charge in [-0.05, 0) is 42.3 Å². The molecule has 2 N–H and O–H groups in total. The molecule has 0 radical (unpaired) electrons. The molecule has 3 nitrogen and oxygen atoms in total. The van der Waals surface area contributed by atoms with Crippen LogP contribution in [-0.4, -0.2) is 10.8 Å². The van der Waals surface area contributed by atoms with Crippen LogP contribution < -0.4 is 5.73 Å². The van der Waals surface area contributed by atoms with E-state index in [1.54, 1.807) is 36.7 Å². The van der Waals surface area contributed by atoms with Crippen molar-refractivity contribution in [2.24, 2.45) is 0 Å². The fourth-order valence-electron chi connectivity index (χ4n) is 1.67. The van der Waals surface area contributed by atoms with Gasteiger partial charge in [0.05, 0.1) is 5.02 Å². The largest absolute Gasteiger partial charge is 0.399 e. The van der Waals surface area contributed by atoms with E-state index in [0.717, 1.165) is 11.1 Å². The van der Waals surface area contributed by atoms with Crippen LogP contribution in [0.4, 0.5) is 5.69 Å². The number of carbonyl (C=O) groups excluding carboxylic acids is 1. The van der Waals surface area contributed by atoms with E-state index in [2.05, 4.69) is 4.98 Å². The molecular weight excluding hydrogens is 248 g/mol. The zero-order valence-electron chi connectivity index (χ0n) is 9.98. The summed E-state index contributed by atoms with van der Waals surface area (Å²) in [7, 11) is 0. The quantitative estimate of drug-likeness (QED) is 0.682. The molecular formula is C14H13ClN2O. The first-order chi connectivity index (χ1) is 8.58. The first-order valence-corrected chi connectivity index (χ1v) is 5.93. The van der Waals surface area contributed by atoms with Crippen molar-refractivity contribution in [3.63, 3.8) is 0 Å². The number of ketones is 1. The summed E-state index contributed by atoms with van der Waals surface area (Å²) in [6.45, 7) is 1.88. The molecule has 0 fully saturated rings. The second-order valence-electron chi connectivity index (χ2n) is 4.14. The lowest BCUT2D eigenvalue weighted by molar-refractivity contribution is 0.0993. The third-order valence-corrected chi connectivity index (χ3v) is 3.14. The summed E-state index contributed by atoms with van der Waals surface area (Å²) in [5, 5.41) is 0.512. The highest BCUT2D eigenvalue weighted by Crippen LogP contribution is 2.18. The Kier molecular flexibility index (Phi) is 3.63. The van der Waals surface area contributed by atoms with E-state index in [-0.39, 0.29) is 12.2 Å². The second-order valence-corrected chi connectivity index (χ2v) is 4.55. The molecule has 4 heteroatoms. The zero-order chi connectivity index (χ0) is 13.1. The van der Waals surface area contributed by atoms with Gasteiger partial charge in [0.25, 0.3) is 0 Å². The van der Waals surface area contributed by atoms with Crippen LogP contribution in [0.3, 0.4) is 0 Å². The minimum Gasteiger partial charge on any atom is -0.399 e. The number of pyridine rings is 1. The van der Waals surface area contributed by atoms with Crippen LogP contribution >= 0.6 is 11.6 Å². The molecule has 1 aromatic carbocycles. The van der Waals surface area contributed by atoms with Crippen LogP contribution in [0, 0.1) is 6.92 Å². The predicted molar refractivity (Wildman–Crippen MR) is 72.9 cm³/mol. The Labute approximate surface area is 111 Å². The van der Waals surface area contributed by atoms with E-state index in [4.69, 9.17) is 17.3 Å². The van der Waals surface area contributed by atoms with Crippen LogP contribution in [0.1, 0.15) is 21.5 Å². The standard InChI is InChI=1S/C14H13ClN2O/c1-9-6-11(2-3-13(9)16)14(18)7-10-4-5-17-8-12(10)15/h2-6,8H,7,16H2,1H3. The third kappa shape index (κ3) is 2.68. The van der Waals surface area contributed by atoms with E-state index < -0.39 is 0 Å². The molecule has 92 valence electrons. The van der Waals surface area contributed by atoms with Gasteiger partial charge < -0.3 is 5.73 Å². The van der Waals surface area contributed by atoms with Crippen LogP contribution in [-0.2, 0) is 6.42 Å². The number of nitrogens with zero attached hydrogens (tertiary/aromatic N) is 1. The summed E-state index contributed by atoms with van der Waals surface area (Å²) in [6.07, 6.45) is 3.44. The van der Waals surface area contributed by atoms with Gasteiger partial charge >= 0.3 is 0 Å². The number of aryl methyl sites for hydroxylation is 1. The van der Waals surface area contributed by atoms with Gasteiger partial charge in [-0.1, -0.05) is 11.6 Å². The van der Waals surface area contributed by atoms with E-state index in [1.807, 2.05) is 6.92 Å². The number of anilines is 1. The molecule has 0 bridgehead atoms. The van der Waals surface area contributed by atoms with Crippen LogP contribution in [0.15, 0.2) is 36.7 Å². The van der Waals surface area contributed by atoms with Crippen molar-refractivity contribution in [3.05, 3.63) is 58.4 Å². The molecule has 2 aromatic rings. The van der Waals surface area contributed by atoms with Crippen molar-refractivity contribution >= 4 is 23.1 Å². The molecule has 0 saturated carbocycles. The van der Waals surface area contributed by atoms with Gasteiger partial charge in [0.1, 0.15) is 0 Å². The lowest BCUT2D eigenvalue weighted by Gasteiger charge is -2.05. The number of carbonyl (C=O) groups is 1. The monoisotopic (exact) mass is 260 g/mol. The number of rotatable bonds is 3. The average molecular weight is 261 g/mol. The van der Waals surface area contributed by atoms with E-state index >= 15 is 0 Å². The van der Waals surface area contributed by atoms with Gasteiger partial charge in [0.2, 0.25) is 0 Å². The van der Waals surface area contributed by atoms with Crippen molar-refractivity contribution in [2.45, 2.75) is 13.3 Å². The van der Waals surface area contributed by atoms with Crippen molar-refractivity contribution in [1.29, 1.82) is 0 Å². The van der Waals surface area contributed by atoms with Gasteiger partial charge in [-0.3, -0.25) is 9.78 Å². The Morgan fingerprint density at radius 3 is 2.83 bits per heavy atom. The highest BCUT2D eigenvalue weighted by Gasteiger charge is 2.10. The third-order valence-electron chi connectivity index (χ3n) is 2.80. The second kappa shape index (κ2) is 5.19. The summed E-state index contributed by atoms with van der Waals surface area (Å²) < 4.78 is 0. The normalized spacial score (nSPS) is 10.3. The maximum absolute atomic E-state index is 12.1. The lowest BCUT2D eigenvalue weighted by Crippen LogP contribution is -2.05. The Hall–Kier alpha value is -1.87. The molecule has 0 aliphatic rings. The molecule has 0 unspecified atom stereocenters. The van der Waals surface area contributed by atoms with Gasteiger partial charge in [-0.2, -0.15) is 0 Å². The first-order valence-electron chi connectivity index (χ1n) is 5.55. The molecule has 0 saturated heterocycles. The number of benzene rings is 1. The molecule has 18 heavy (non-hydrogen) atoms. The molecule has 0 amide bonds. The zero-order valence-corrected chi connectivity index (χ0v) is 10.7. The average Bonchev–Trinajstić information content (AvgIpc) is 2.35. The van der Waals surface area contributed by atoms with Crippen LogP contribution in [0.25, 0.3) is 0 Å². The number of Topliss-reactive ketones (excluding diaryl/α,β-unsaturated/α-hetero) is 1. The summed E-state index contributed by atoms with van der Waals surface area (Å²) >= 11 is 5.98. The maximum atomic E-state index is 12.1. The summed E-state index contributed by atoms with van der Waals surface area (Å²) in [6, 6.07) is 7.04. The number of nitrogens with two attached hydrogens (primary N) is 1. The molecule has 0 spiro atoms. The molecule has 0 aliphatic carbocycles. The van der Waals surface area contributed by atoms with Gasteiger partial charge in [-0.25, -0.2) is 0 Å². The van der Waals surface area contributed by atoms with E-state index in [0.29, 0.717) is 16.3 Å². The number of halogens is 1. The molecule has 0 atom stereocenters. The van der Waals surface area contributed by atoms with Crippen molar-refractivity contribution in [1.82, 2.24) is 4.98 Å². The fourth-order valence-corrected chi connectivity index (χ4v) is 1.86. The van der Waals surface area contributed by atoms with Gasteiger partial charge in [0.15, 0.2) is 5.78 Å². The number of nitrogen functional groups attached to an aromatic ring is 1. The van der Waals surface area contributed by atoms with Crippen LogP contribution in [0.5, 0.6) is 0 Å². The Balaban J connectivity index is 2.22. The smallest absolute Gasteiger partial charge is 0.167 e. The van der Waals surface area contributed by atoms with Gasteiger partial charge in [-0.15, -0.1) is 0 Å². The summed E-state index contributed by atoms with van der Waals surface area (Å²) in [5.74, 6) is 0.0196. The Morgan fingerprint density at radius 2 is 2.17 bits per heavy atom. The van der Waals surface area contributed by atoms with E-state index in [1.165, 1.54) is 0 Å². The molecule has 2 rings (SSSR count). The fraction of sp³-hybridized carbons (Fsp3) is 0.143. The highest BCUT2D eigenvalue weighted by molar-refractivity contribution is 6.31. The van der Waals surface area contributed by atoms with Crippen molar-refractivity contribution in [2.75, 3.05) is 5.73 Å². The van der Waals surface area contributed by atoms with Crippen molar-refractivity contribution in [3.8, 4) is 0 Å². The maximum Gasteiger partial charge on any atom is 0.167 e. The number of hydrogen-bond donors (Lipinski definition) is 1. The number of hydrogen-bond acceptors (Lipinski definition) is 3. The van der Waals surface area contributed by atoms with Gasteiger partial charge in [0, 0.05) is 30.1 Å². The predicted octanol–water partition coefficient (Wildman–Crippen LogP) is 3.05.